The average Bonchev–Trinajstić information content (AvgIpc) is 2.74. The molecule has 1 heterocycles. The fourth-order valence-corrected chi connectivity index (χ4v) is 3.15. The minimum absolute atomic E-state index is 0.113. The first kappa shape index (κ1) is 17.9. The van der Waals surface area contributed by atoms with Crippen LogP contribution < -0.4 is 20.1 Å². The lowest BCUT2D eigenvalue weighted by Crippen LogP contribution is -2.32. The quantitative estimate of drug-likeness (QED) is 0.687. The molecule has 28 heavy (non-hydrogen) atoms. The van der Waals surface area contributed by atoms with Gasteiger partial charge in [-0.15, -0.1) is 0 Å². The van der Waals surface area contributed by atoms with Crippen LogP contribution in [0.3, 0.4) is 0 Å². The van der Waals surface area contributed by atoms with Crippen molar-refractivity contribution in [2.24, 2.45) is 0 Å². The monoisotopic (exact) mass is 374 g/mol. The molecule has 1 amide bonds. The predicted octanol–water partition coefficient (Wildman–Crippen LogP) is 4.56. The summed E-state index contributed by atoms with van der Waals surface area (Å²) in [5.41, 5.74) is 3.64. The predicted molar refractivity (Wildman–Crippen MR) is 111 cm³/mol. The third-order valence-electron chi connectivity index (χ3n) is 4.59. The average molecular weight is 374 g/mol. The standard InChI is InChI=1S/C23H22N2O3/c1-16(24-18-11-12-21-22(15-18)28-14-13-27-21)23(26)25-20-10-6-5-9-19(20)17-7-3-2-4-8-17/h2-12,15-16,24H,13-14H2,1H3,(H,25,26)/t16-/m1/s1. The summed E-state index contributed by atoms with van der Waals surface area (Å²) in [4.78, 5) is 12.8. The fraction of sp³-hybridized carbons (Fsp3) is 0.174. The van der Waals surface area contributed by atoms with Crippen LogP contribution >= 0.6 is 0 Å². The molecule has 0 fully saturated rings. The van der Waals surface area contributed by atoms with Crippen LogP contribution in [0.5, 0.6) is 11.5 Å². The number of benzene rings is 3. The van der Waals surface area contributed by atoms with Gasteiger partial charge in [0.15, 0.2) is 11.5 Å². The normalized spacial score (nSPS) is 13.5. The van der Waals surface area contributed by atoms with Gasteiger partial charge < -0.3 is 20.1 Å². The number of hydrogen-bond donors (Lipinski definition) is 2. The second-order valence-electron chi connectivity index (χ2n) is 6.63. The first-order valence-corrected chi connectivity index (χ1v) is 9.32. The smallest absolute Gasteiger partial charge is 0.246 e. The van der Waals surface area contributed by atoms with Gasteiger partial charge in [0.05, 0.1) is 0 Å². The molecule has 3 aromatic carbocycles. The summed E-state index contributed by atoms with van der Waals surface area (Å²) in [6.07, 6.45) is 0. The zero-order valence-corrected chi connectivity index (χ0v) is 15.6. The first-order chi connectivity index (χ1) is 13.7. The maximum absolute atomic E-state index is 12.8. The third-order valence-corrected chi connectivity index (χ3v) is 4.59. The van der Waals surface area contributed by atoms with E-state index in [4.69, 9.17) is 9.47 Å². The molecule has 2 N–H and O–H groups in total. The van der Waals surface area contributed by atoms with E-state index in [-0.39, 0.29) is 5.91 Å². The summed E-state index contributed by atoms with van der Waals surface area (Å²) in [5, 5.41) is 6.26. The van der Waals surface area contributed by atoms with Crippen LogP contribution in [0.1, 0.15) is 6.92 Å². The van der Waals surface area contributed by atoms with E-state index in [1.807, 2.05) is 79.7 Å². The number of hydrogen-bond acceptors (Lipinski definition) is 4. The summed E-state index contributed by atoms with van der Waals surface area (Å²) in [6, 6.07) is 23.0. The molecule has 5 heteroatoms. The SMILES string of the molecule is C[C@@H](Nc1ccc2c(c1)OCCO2)C(=O)Nc1ccccc1-c1ccccc1. The lowest BCUT2D eigenvalue weighted by Gasteiger charge is -2.21. The number of anilines is 2. The Labute approximate surface area is 164 Å². The Morgan fingerprint density at radius 3 is 2.43 bits per heavy atom. The van der Waals surface area contributed by atoms with Crippen molar-refractivity contribution in [1.29, 1.82) is 0 Å². The van der Waals surface area contributed by atoms with E-state index >= 15 is 0 Å². The Morgan fingerprint density at radius 2 is 1.61 bits per heavy atom. The topological polar surface area (TPSA) is 59.6 Å². The van der Waals surface area contributed by atoms with E-state index in [1.54, 1.807) is 0 Å². The Bertz CT molecular complexity index is 973. The molecule has 3 aromatic rings. The maximum Gasteiger partial charge on any atom is 0.246 e. The van der Waals surface area contributed by atoms with Crippen molar-refractivity contribution < 1.29 is 14.3 Å². The molecule has 0 radical (unpaired) electrons. The van der Waals surface area contributed by atoms with E-state index in [0.29, 0.717) is 19.0 Å². The Kier molecular flexibility index (Phi) is 5.15. The molecule has 0 bridgehead atoms. The zero-order chi connectivity index (χ0) is 19.3. The molecule has 1 atom stereocenters. The molecule has 5 nitrogen and oxygen atoms in total. The van der Waals surface area contributed by atoms with Crippen molar-refractivity contribution in [2.75, 3.05) is 23.8 Å². The largest absolute Gasteiger partial charge is 0.486 e. The van der Waals surface area contributed by atoms with Gasteiger partial charge in [0.1, 0.15) is 19.3 Å². The molecule has 142 valence electrons. The number of fused-ring (bicyclic) bond motifs is 1. The first-order valence-electron chi connectivity index (χ1n) is 9.32. The molecule has 0 saturated carbocycles. The van der Waals surface area contributed by atoms with Gasteiger partial charge in [0.25, 0.3) is 0 Å². The summed E-state index contributed by atoms with van der Waals surface area (Å²) in [7, 11) is 0. The minimum Gasteiger partial charge on any atom is -0.486 e. The van der Waals surface area contributed by atoms with Crippen LogP contribution in [-0.4, -0.2) is 25.2 Å². The van der Waals surface area contributed by atoms with E-state index in [1.165, 1.54) is 0 Å². The molecule has 0 unspecified atom stereocenters. The highest BCUT2D eigenvalue weighted by molar-refractivity contribution is 5.99. The van der Waals surface area contributed by atoms with Crippen molar-refractivity contribution in [3.05, 3.63) is 72.8 Å². The third kappa shape index (κ3) is 3.93. The highest BCUT2D eigenvalue weighted by Crippen LogP contribution is 2.33. The summed E-state index contributed by atoms with van der Waals surface area (Å²) >= 11 is 0. The van der Waals surface area contributed by atoms with Crippen molar-refractivity contribution in [3.8, 4) is 22.6 Å². The highest BCUT2D eigenvalue weighted by atomic mass is 16.6. The van der Waals surface area contributed by atoms with Crippen LogP contribution in [-0.2, 0) is 4.79 Å². The van der Waals surface area contributed by atoms with Gasteiger partial charge in [0.2, 0.25) is 5.91 Å². The lowest BCUT2D eigenvalue weighted by molar-refractivity contribution is -0.116. The van der Waals surface area contributed by atoms with E-state index < -0.39 is 6.04 Å². The van der Waals surface area contributed by atoms with Crippen molar-refractivity contribution in [3.63, 3.8) is 0 Å². The van der Waals surface area contributed by atoms with Crippen LogP contribution in [0.25, 0.3) is 11.1 Å². The van der Waals surface area contributed by atoms with Gasteiger partial charge >= 0.3 is 0 Å². The Hall–Kier alpha value is -3.47. The van der Waals surface area contributed by atoms with Crippen LogP contribution in [0.4, 0.5) is 11.4 Å². The molecule has 4 rings (SSSR count). The maximum atomic E-state index is 12.8. The van der Waals surface area contributed by atoms with Gasteiger partial charge in [-0.3, -0.25) is 4.79 Å². The molecular weight excluding hydrogens is 352 g/mol. The van der Waals surface area contributed by atoms with Crippen molar-refractivity contribution >= 4 is 17.3 Å². The molecular formula is C23H22N2O3. The van der Waals surface area contributed by atoms with E-state index in [9.17, 15) is 4.79 Å². The molecule has 0 spiro atoms. The van der Waals surface area contributed by atoms with Crippen LogP contribution in [0.2, 0.25) is 0 Å². The number of para-hydroxylation sites is 1. The Balaban J connectivity index is 1.47. The molecule has 1 aliphatic heterocycles. The second kappa shape index (κ2) is 8.05. The summed E-state index contributed by atoms with van der Waals surface area (Å²) in [6.45, 7) is 2.92. The molecule has 0 aliphatic carbocycles. The van der Waals surface area contributed by atoms with Gasteiger partial charge in [-0.1, -0.05) is 48.5 Å². The van der Waals surface area contributed by atoms with Gasteiger partial charge in [-0.05, 0) is 30.7 Å². The van der Waals surface area contributed by atoms with Crippen LogP contribution in [0.15, 0.2) is 72.8 Å². The van der Waals surface area contributed by atoms with Gasteiger partial charge in [0, 0.05) is 23.0 Å². The number of amides is 1. The number of carbonyl (C=O) groups excluding carboxylic acids is 1. The Morgan fingerprint density at radius 1 is 0.893 bits per heavy atom. The number of rotatable bonds is 5. The van der Waals surface area contributed by atoms with E-state index in [2.05, 4.69) is 10.6 Å². The zero-order valence-electron chi connectivity index (χ0n) is 15.6. The molecule has 0 saturated heterocycles. The lowest BCUT2D eigenvalue weighted by atomic mass is 10.0. The van der Waals surface area contributed by atoms with Gasteiger partial charge in [-0.25, -0.2) is 0 Å². The molecule has 0 aromatic heterocycles. The summed E-state index contributed by atoms with van der Waals surface area (Å²) < 4.78 is 11.1. The summed E-state index contributed by atoms with van der Waals surface area (Å²) in [5.74, 6) is 1.31. The number of nitrogens with one attached hydrogen (secondary N) is 2. The number of carbonyl (C=O) groups is 1. The van der Waals surface area contributed by atoms with Gasteiger partial charge in [-0.2, -0.15) is 0 Å². The second-order valence-corrected chi connectivity index (χ2v) is 6.63. The fourth-order valence-electron chi connectivity index (χ4n) is 3.15. The minimum atomic E-state index is -0.425. The van der Waals surface area contributed by atoms with Crippen LogP contribution in [0, 0.1) is 0 Å². The van der Waals surface area contributed by atoms with E-state index in [0.717, 1.165) is 28.3 Å². The number of ether oxygens (including phenoxy) is 2. The highest BCUT2D eigenvalue weighted by Gasteiger charge is 2.17. The molecule has 1 aliphatic rings. The van der Waals surface area contributed by atoms with Crippen molar-refractivity contribution in [2.45, 2.75) is 13.0 Å². The van der Waals surface area contributed by atoms with Crippen molar-refractivity contribution in [1.82, 2.24) is 0 Å².